The summed E-state index contributed by atoms with van der Waals surface area (Å²) in [6, 6.07) is 10.5. The number of rotatable bonds is 5. The van der Waals surface area contributed by atoms with Crippen molar-refractivity contribution in [3.63, 3.8) is 0 Å². The molecule has 0 saturated heterocycles. The van der Waals surface area contributed by atoms with Crippen LogP contribution in [0, 0.1) is 0 Å². The summed E-state index contributed by atoms with van der Waals surface area (Å²) in [5.41, 5.74) is 0.730. The van der Waals surface area contributed by atoms with E-state index >= 15 is 0 Å². The minimum Gasteiger partial charge on any atom is -0.481 e. The van der Waals surface area contributed by atoms with E-state index in [-0.39, 0.29) is 22.0 Å². The fourth-order valence-electron chi connectivity index (χ4n) is 2.07. The zero-order valence-corrected chi connectivity index (χ0v) is 14.0. The van der Waals surface area contributed by atoms with Gasteiger partial charge in [-0.2, -0.15) is 0 Å². The molecule has 0 aliphatic carbocycles. The minimum atomic E-state index is -1.05. The largest absolute Gasteiger partial charge is 0.481 e. The van der Waals surface area contributed by atoms with E-state index in [9.17, 15) is 9.59 Å². The highest BCUT2D eigenvalue weighted by atomic mass is 35.5. The second-order valence-electron chi connectivity index (χ2n) is 4.77. The molecule has 4 nitrogen and oxygen atoms in total. The first-order valence-electron chi connectivity index (χ1n) is 6.60. The SMILES string of the molecule is O=C(O)C[C@H](NC(=O)c1c(Cl)cccc1Cl)c1ccc(Cl)cc1. The Kier molecular flexibility index (Phi) is 5.88. The number of carboxylic acids is 1. The van der Waals surface area contributed by atoms with Crippen molar-refractivity contribution in [3.8, 4) is 0 Å². The highest BCUT2D eigenvalue weighted by molar-refractivity contribution is 6.39. The van der Waals surface area contributed by atoms with Gasteiger partial charge in [0.25, 0.3) is 5.91 Å². The van der Waals surface area contributed by atoms with Crippen molar-refractivity contribution < 1.29 is 14.7 Å². The van der Waals surface area contributed by atoms with Crippen LogP contribution in [-0.4, -0.2) is 17.0 Å². The van der Waals surface area contributed by atoms with E-state index in [1.165, 1.54) is 12.1 Å². The molecule has 23 heavy (non-hydrogen) atoms. The Balaban J connectivity index is 2.29. The number of carboxylic acid groups (broad SMARTS) is 1. The topological polar surface area (TPSA) is 66.4 Å². The molecule has 2 aromatic carbocycles. The third-order valence-electron chi connectivity index (χ3n) is 3.15. The number of hydrogen-bond donors (Lipinski definition) is 2. The van der Waals surface area contributed by atoms with E-state index in [1.54, 1.807) is 30.3 Å². The van der Waals surface area contributed by atoms with Crippen LogP contribution >= 0.6 is 34.8 Å². The molecule has 0 heterocycles. The van der Waals surface area contributed by atoms with Gasteiger partial charge in [0.2, 0.25) is 0 Å². The highest BCUT2D eigenvalue weighted by Crippen LogP contribution is 2.26. The van der Waals surface area contributed by atoms with E-state index in [0.717, 1.165) is 0 Å². The Labute approximate surface area is 148 Å². The monoisotopic (exact) mass is 371 g/mol. The van der Waals surface area contributed by atoms with Crippen LogP contribution in [0.3, 0.4) is 0 Å². The molecule has 0 unspecified atom stereocenters. The Morgan fingerprint density at radius 3 is 2.09 bits per heavy atom. The van der Waals surface area contributed by atoms with E-state index in [1.807, 2.05) is 0 Å². The molecule has 0 aliphatic rings. The maximum atomic E-state index is 12.4. The number of hydrogen-bond acceptors (Lipinski definition) is 2. The summed E-state index contributed by atoms with van der Waals surface area (Å²) in [6.45, 7) is 0. The number of nitrogens with one attached hydrogen (secondary N) is 1. The standard InChI is InChI=1S/C16H12Cl3NO3/c17-10-6-4-9(5-7-10)13(8-14(21)22)20-16(23)15-11(18)2-1-3-12(15)19/h1-7,13H,8H2,(H,20,23)(H,21,22)/t13-/m0/s1. The van der Waals surface area contributed by atoms with Crippen LogP contribution in [0.5, 0.6) is 0 Å². The molecule has 1 atom stereocenters. The van der Waals surface area contributed by atoms with Crippen molar-refractivity contribution in [2.75, 3.05) is 0 Å². The third kappa shape index (κ3) is 4.61. The molecule has 2 rings (SSSR count). The summed E-state index contributed by atoms with van der Waals surface area (Å²) < 4.78 is 0. The molecular weight excluding hydrogens is 361 g/mol. The van der Waals surface area contributed by atoms with Gasteiger partial charge in [-0.05, 0) is 29.8 Å². The summed E-state index contributed by atoms with van der Waals surface area (Å²) in [7, 11) is 0. The van der Waals surface area contributed by atoms with Crippen LogP contribution in [0.15, 0.2) is 42.5 Å². The molecule has 0 saturated carbocycles. The maximum absolute atomic E-state index is 12.4. The smallest absolute Gasteiger partial charge is 0.305 e. The Hall–Kier alpha value is -1.75. The van der Waals surface area contributed by atoms with Crippen molar-refractivity contribution in [2.45, 2.75) is 12.5 Å². The van der Waals surface area contributed by atoms with Gasteiger partial charge in [0.05, 0.1) is 28.1 Å². The molecule has 2 N–H and O–H groups in total. The average molecular weight is 373 g/mol. The van der Waals surface area contributed by atoms with Crippen LogP contribution < -0.4 is 5.32 Å². The Morgan fingerprint density at radius 1 is 1.00 bits per heavy atom. The molecule has 0 spiro atoms. The molecule has 7 heteroatoms. The van der Waals surface area contributed by atoms with Gasteiger partial charge in [-0.3, -0.25) is 9.59 Å². The van der Waals surface area contributed by atoms with Crippen LogP contribution in [0.2, 0.25) is 15.1 Å². The lowest BCUT2D eigenvalue weighted by Crippen LogP contribution is -2.30. The first-order chi connectivity index (χ1) is 10.9. The van der Waals surface area contributed by atoms with Gasteiger partial charge in [-0.1, -0.05) is 53.0 Å². The van der Waals surface area contributed by atoms with Gasteiger partial charge in [0, 0.05) is 5.02 Å². The van der Waals surface area contributed by atoms with E-state index in [2.05, 4.69) is 5.32 Å². The molecule has 0 radical (unpaired) electrons. The first kappa shape index (κ1) is 17.6. The zero-order chi connectivity index (χ0) is 17.0. The normalized spacial score (nSPS) is 11.8. The Morgan fingerprint density at radius 2 is 1.57 bits per heavy atom. The fourth-order valence-corrected chi connectivity index (χ4v) is 2.76. The van der Waals surface area contributed by atoms with Crippen molar-refractivity contribution in [1.29, 1.82) is 0 Å². The summed E-state index contributed by atoms with van der Waals surface area (Å²) >= 11 is 17.8. The lowest BCUT2D eigenvalue weighted by atomic mass is 10.0. The average Bonchev–Trinajstić information content (AvgIpc) is 2.46. The number of carbonyl (C=O) groups is 2. The number of carbonyl (C=O) groups excluding carboxylic acids is 1. The molecule has 1 amide bonds. The quantitative estimate of drug-likeness (QED) is 0.806. The number of halogens is 3. The Bertz CT molecular complexity index is 712. The summed E-state index contributed by atoms with van der Waals surface area (Å²) in [5.74, 6) is -1.59. The van der Waals surface area contributed by atoms with Gasteiger partial charge in [-0.25, -0.2) is 0 Å². The summed E-state index contributed by atoms with van der Waals surface area (Å²) in [5, 5.41) is 12.6. The van der Waals surface area contributed by atoms with Crippen molar-refractivity contribution in [3.05, 3.63) is 68.7 Å². The molecule has 120 valence electrons. The van der Waals surface area contributed by atoms with Crippen LogP contribution in [-0.2, 0) is 4.79 Å². The second kappa shape index (κ2) is 7.68. The number of benzene rings is 2. The third-order valence-corrected chi connectivity index (χ3v) is 4.03. The molecule has 2 aromatic rings. The predicted molar refractivity (Wildman–Crippen MR) is 90.4 cm³/mol. The van der Waals surface area contributed by atoms with Gasteiger partial charge < -0.3 is 10.4 Å². The lowest BCUT2D eigenvalue weighted by molar-refractivity contribution is -0.137. The zero-order valence-electron chi connectivity index (χ0n) is 11.7. The van der Waals surface area contributed by atoms with E-state index in [4.69, 9.17) is 39.9 Å². The molecule has 0 aliphatic heterocycles. The second-order valence-corrected chi connectivity index (χ2v) is 6.02. The maximum Gasteiger partial charge on any atom is 0.305 e. The van der Waals surface area contributed by atoms with Crippen molar-refractivity contribution in [1.82, 2.24) is 5.32 Å². The molecule has 0 aromatic heterocycles. The number of aliphatic carboxylic acids is 1. The molecule has 0 fully saturated rings. The van der Waals surface area contributed by atoms with Crippen molar-refractivity contribution in [2.24, 2.45) is 0 Å². The summed E-state index contributed by atoms with van der Waals surface area (Å²) in [6.07, 6.45) is -0.282. The van der Waals surface area contributed by atoms with Gasteiger partial charge in [-0.15, -0.1) is 0 Å². The van der Waals surface area contributed by atoms with Crippen molar-refractivity contribution >= 4 is 46.7 Å². The van der Waals surface area contributed by atoms with Crippen LogP contribution in [0.4, 0.5) is 0 Å². The van der Waals surface area contributed by atoms with E-state index in [0.29, 0.717) is 10.6 Å². The van der Waals surface area contributed by atoms with Crippen LogP contribution in [0.1, 0.15) is 28.4 Å². The molecule has 0 bridgehead atoms. The first-order valence-corrected chi connectivity index (χ1v) is 7.74. The minimum absolute atomic E-state index is 0.111. The van der Waals surface area contributed by atoms with Gasteiger partial charge in [0.15, 0.2) is 0 Å². The lowest BCUT2D eigenvalue weighted by Gasteiger charge is -2.18. The van der Waals surface area contributed by atoms with E-state index < -0.39 is 17.9 Å². The fraction of sp³-hybridized carbons (Fsp3) is 0.125. The van der Waals surface area contributed by atoms with Gasteiger partial charge >= 0.3 is 5.97 Å². The summed E-state index contributed by atoms with van der Waals surface area (Å²) in [4.78, 5) is 23.5. The van der Waals surface area contributed by atoms with Gasteiger partial charge in [0.1, 0.15) is 0 Å². The van der Waals surface area contributed by atoms with Crippen LogP contribution in [0.25, 0.3) is 0 Å². The highest BCUT2D eigenvalue weighted by Gasteiger charge is 2.21. The molecular formula is C16H12Cl3NO3. The number of amides is 1. The predicted octanol–water partition coefficient (Wildman–Crippen LogP) is 4.59.